The van der Waals surface area contributed by atoms with Crippen molar-refractivity contribution in [2.75, 3.05) is 0 Å². The van der Waals surface area contributed by atoms with Crippen LogP contribution < -0.4 is 9.47 Å². The summed E-state index contributed by atoms with van der Waals surface area (Å²) < 4.78 is 54.7. The first kappa shape index (κ1) is 26.2. The van der Waals surface area contributed by atoms with Crippen molar-refractivity contribution < 1.29 is 37.1 Å². The SMILES string of the molecule is O=C(O)c1cccc(C#Cc2ccc(OCc3c(-c4ccccc4OC(F)(F)F)noc3C3CC3)cc2Cl)c1. The van der Waals surface area contributed by atoms with E-state index in [0.29, 0.717) is 33.2 Å². The molecule has 0 atom stereocenters. The van der Waals surface area contributed by atoms with Crippen LogP contribution in [0.15, 0.2) is 71.3 Å². The Labute approximate surface area is 225 Å². The maximum Gasteiger partial charge on any atom is 0.573 e. The van der Waals surface area contributed by atoms with E-state index in [1.807, 2.05) is 0 Å². The highest BCUT2D eigenvalue weighted by atomic mass is 35.5. The molecule has 0 aliphatic heterocycles. The second-order valence-corrected chi connectivity index (χ2v) is 9.17. The molecule has 6 nitrogen and oxygen atoms in total. The lowest BCUT2D eigenvalue weighted by atomic mass is 10.0. The minimum atomic E-state index is -4.86. The molecule has 0 unspecified atom stereocenters. The number of aromatic carboxylic acids is 1. The molecule has 198 valence electrons. The number of halogens is 4. The fraction of sp³-hybridized carbons (Fsp3) is 0.172. The zero-order valence-electron chi connectivity index (χ0n) is 20.1. The van der Waals surface area contributed by atoms with Crippen molar-refractivity contribution in [3.63, 3.8) is 0 Å². The maximum absolute atomic E-state index is 13.0. The molecule has 1 saturated carbocycles. The van der Waals surface area contributed by atoms with Crippen LogP contribution in [0.4, 0.5) is 13.2 Å². The molecule has 0 amide bonds. The Morgan fingerprint density at radius 3 is 2.59 bits per heavy atom. The van der Waals surface area contributed by atoms with Crippen LogP contribution in [0.1, 0.15) is 51.6 Å². The van der Waals surface area contributed by atoms with Crippen molar-refractivity contribution in [2.24, 2.45) is 0 Å². The number of alkyl halides is 3. The average Bonchev–Trinajstić information content (AvgIpc) is 3.65. The molecule has 0 saturated heterocycles. The number of para-hydroxylation sites is 1. The highest BCUT2D eigenvalue weighted by Crippen LogP contribution is 2.45. The van der Waals surface area contributed by atoms with Crippen LogP contribution in [0.5, 0.6) is 11.5 Å². The van der Waals surface area contributed by atoms with Crippen LogP contribution >= 0.6 is 11.6 Å². The third kappa shape index (κ3) is 6.36. The third-order valence-corrected chi connectivity index (χ3v) is 6.22. The summed E-state index contributed by atoms with van der Waals surface area (Å²) in [6.07, 6.45) is -3.09. The van der Waals surface area contributed by atoms with E-state index in [4.69, 9.17) is 26.0 Å². The van der Waals surface area contributed by atoms with Gasteiger partial charge >= 0.3 is 12.3 Å². The van der Waals surface area contributed by atoms with Crippen LogP contribution in [0.25, 0.3) is 11.3 Å². The van der Waals surface area contributed by atoms with E-state index < -0.39 is 12.3 Å². The summed E-state index contributed by atoms with van der Waals surface area (Å²) in [7, 11) is 0. The second kappa shape index (κ2) is 10.8. The Hall–Kier alpha value is -4.42. The van der Waals surface area contributed by atoms with E-state index in [9.17, 15) is 18.0 Å². The van der Waals surface area contributed by atoms with E-state index in [1.165, 1.54) is 30.3 Å². The Bertz CT molecular complexity index is 1600. The zero-order chi connectivity index (χ0) is 27.6. The Morgan fingerprint density at radius 1 is 1.08 bits per heavy atom. The Balaban J connectivity index is 1.37. The van der Waals surface area contributed by atoms with E-state index in [1.54, 1.807) is 36.4 Å². The number of nitrogens with zero attached hydrogens (tertiary/aromatic N) is 1. The Morgan fingerprint density at radius 2 is 1.87 bits per heavy atom. The molecule has 1 aliphatic carbocycles. The first-order chi connectivity index (χ1) is 18.7. The molecule has 1 heterocycles. The van der Waals surface area contributed by atoms with E-state index in [2.05, 4.69) is 21.7 Å². The average molecular weight is 554 g/mol. The van der Waals surface area contributed by atoms with Crippen molar-refractivity contribution in [2.45, 2.75) is 31.7 Å². The minimum absolute atomic E-state index is 0.0195. The fourth-order valence-corrected chi connectivity index (χ4v) is 4.15. The molecule has 1 aliphatic rings. The van der Waals surface area contributed by atoms with Gasteiger partial charge in [-0.1, -0.05) is 46.8 Å². The standard InChI is InChI=1S/C29H19ClF3NO5/c30-24-15-21(13-12-18(24)9-8-17-4-3-5-20(14-17)28(35)36)37-16-23-26(34-39-27(23)19-10-11-19)22-6-1-2-7-25(22)38-29(31,32)33/h1-7,12-15,19H,10-11,16H2,(H,35,36). The maximum atomic E-state index is 13.0. The summed E-state index contributed by atoms with van der Waals surface area (Å²) in [6.45, 7) is -0.0195. The molecule has 1 N–H and O–H groups in total. The van der Waals surface area contributed by atoms with Crippen LogP contribution in [0.3, 0.4) is 0 Å². The van der Waals surface area contributed by atoms with Crippen LogP contribution in [0.2, 0.25) is 5.02 Å². The monoisotopic (exact) mass is 553 g/mol. The number of ether oxygens (including phenoxy) is 2. The first-order valence-corrected chi connectivity index (χ1v) is 12.2. The molecule has 1 fully saturated rings. The van der Waals surface area contributed by atoms with Gasteiger partial charge in [-0.25, -0.2) is 4.79 Å². The molecular weight excluding hydrogens is 535 g/mol. The number of rotatable bonds is 7. The fourth-order valence-electron chi connectivity index (χ4n) is 3.93. The summed E-state index contributed by atoms with van der Waals surface area (Å²) >= 11 is 6.41. The molecule has 10 heteroatoms. The van der Waals surface area contributed by atoms with Gasteiger partial charge in [-0.2, -0.15) is 0 Å². The molecule has 39 heavy (non-hydrogen) atoms. The third-order valence-electron chi connectivity index (χ3n) is 5.91. The largest absolute Gasteiger partial charge is 0.573 e. The van der Waals surface area contributed by atoms with Gasteiger partial charge in [-0.05, 0) is 55.3 Å². The van der Waals surface area contributed by atoms with Gasteiger partial charge in [0.05, 0.1) is 16.1 Å². The quantitative estimate of drug-likeness (QED) is 0.239. The molecule has 4 aromatic rings. The summed E-state index contributed by atoms with van der Waals surface area (Å²) in [4.78, 5) is 11.2. The number of benzene rings is 3. The highest BCUT2D eigenvalue weighted by molar-refractivity contribution is 6.31. The van der Waals surface area contributed by atoms with Gasteiger partial charge < -0.3 is 19.1 Å². The zero-order valence-corrected chi connectivity index (χ0v) is 20.8. The van der Waals surface area contributed by atoms with Gasteiger partial charge in [-0.3, -0.25) is 0 Å². The molecular formula is C29H19ClF3NO5. The number of carboxylic acids is 1. The Kier molecular flexibility index (Phi) is 7.22. The summed E-state index contributed by atoms with van der Waals surface area (Å²) in [5.41, 5.74) is 2.05. The predicted octanol–water partition coefficient (Wildman–Crippen LogP) is 7.45. The molecule has 0 bridgehead atoms. The van der Waals surface area contributed by atoms with Crippen molar-refractivity contribution in [3.8, 4) is 34.6 Å². The van der Waals surface area contributed by atoms with Crippen LogP contribution in [0, 0.1) is 11.8 Å². The predicted molar refractivity (Wildman–Crippen MR) is 136 cm³/mol. The van der Waals surface area contributed by atoms with Gasteiger partial charge in [-0.15, -0.1) is 13.2 Å². The topological polar surface area (TPSA) is 81.8 Å². The first-order valence-electron chi connectivity index (χ1n) is 11.8. The lowest BCUT2D eigenvalue weighted by Crippen LogP contribution is -2.17. The van der Waals surface area contributed by atoms with E-state index >= 15 is 0 Å². The highest BCUT2D eigenvalue weighted by Gasteiger charge is 2.35. The molecule has 5 rings (SSSR count). The number of hydrogen-bond donors (Lipinski definition) is 1. The van der Waals surface area contributed by atoms with Gasteiger partial charge in [0.15, 0.2) is 0 Å². The number of aromatic nitrogens is 1. The summed E-state index contributed by atoms with van der Waals surface area (Å²) in [5.74, 6) is 5.49. The van der Waals surface area contributed by atoms with Crippen molar-refractivity contribution >= 4 is 17.6 Å². The summed E-state index contributed by atoms with van der Waals surface area (Å²) in [5, 5.41) is 13.5. The van der Waals surface area contributed by atoms with Gasteiger partial charge in [0.25, 0.3) is 0 Å². The lowest BCUT2D eigenvalue weighted by molar-refractivity contribution is -0.274. The van der Waals surface area contributed by atoms with Crippen molar-refractivity contribution in [1.29, 1.82) is 0 Å². The van der Waals surface area contributed by atoms with E-state index in [-0.39, 0.29) is 35.1 Å². The van der Waals surface area contributed by atoms with Gasteiger partial charge in [0.1, 0.15) is 29.6 Å². The summed E-state index contributed by atoms with van der Waals surface area (Å²) in [6, 6.07) is 16.9. The normalized spacial score (nSPS) is 12.9. The molecule has 1 aromatic heterocycles. The van der Waals surface area contributed by atoms with Gasteiger partial charge in [0, 0.05) is 28.7 Å². The van der Waals surface area contributed by atoms with Crippen LogP contribution in [-0.4, -0.2) is 22.6 Å². The number of carbonyl (C=O) groups is 1. The number of hydrogen-bond acceptors (Lipinski definition) is 5. The van der Waals surface area contributed by atoms with Crippen molar-refractivity contribution in [3.05, 3.63) is 99.8 Å². The van der Waals surface area contributed by atoms with Crippen molar-refractivity contribution in [1.82, 2.24) is 5.16 Å². The molecule has 3 aromatic carbocycles. The minimum Gasteiger partial charge on any atom is -0.489 e. The second-order valence-electron chi connectivity index (χ2n) is 8.76. The van der Waals surface area contributed by atoms with Gasteiger partial charge in [0.2, 0.25) is 0 Å². The van der Waals surface area contributed by atoms with E-state index in [0.717, 1.165) is 12.8 Å². The smallest absolute Gasteiger partial charge is 0.489 e. The van der Waals surface area contributed by atoms with Crippen LogP contribution in [-0.2, 0) is 6.61 Å². The number of carboxylic acid groups (broad SMARTS) is 1. The lowest BCUT2D eigenvalue weighted by Gasteiger charge is -2.13. The molecule has 0 radical (unpaired) electrons. The molecule has 0 spiro atoms.